The summed E-state index contributed by atoms with van der Waals surface area (Å²) in [6.45, 7) is 0. The van der Waals surface area contributed by atoms with Crippen molar-refractivity contribution >= 4 is 23.3 Å². The Morgan fingerprint density at radius 3 is 3.00 bits per heavy atom. The van der Waals surface area contributed by atoms with Gasteiger partial charge in [0.05, 0.1) is 16.8 Å². The number of thioether (sulfide) groups is 1. The largest absolute Gasteiger partial charge is 0.366 e. The van der Waals surface area contributed by atoms with E-state index in [2.05, 4.69) is 4.98 Å². The van der Waals surface area contributed by atoms with E-state index in [-0.39, 0.29) is 5.56 Å². The molecule has 3 heterocycles. The molecule has 0 atom stereocenters. The smallest absolute Gasteiger partial charge is 0.262 e. The molecule has 0 aromatic carbocycles. The lowest BCUT2D eigenvalue weighted by atomic mass is 10.2. The minimum Gasteiger partial charge on any atom is -0.366 e. The van der Waals surface area contributed by atoms with Gasteiger partial charge in [-0.25, -0.2) is 4.98 Å². The zero-order valence-corrected chi connectivity index (χ0v) is 9.66. The fourth-order valence-electron chi connectivity index (χ4n) is 1.88. The first-order valence-corrected chi connectivity index (χ1v) is 6.24. The second-order valence-electron chi connectivity index (χ2n) is 3.85. The summed E-state index contributed by atoms with van der Waals surface area (Å²) in [5, 5.41) is 0. The average Bonchev–Trinajstić information content (AvgIpc) is 2.77. The molecular formula is C11H9N3O2S. The number of hydrogen-bond donors (Lipinski definition) is 1. The van der Waals surface area contributed by atoms with Gasteiger partial charge in [0.25, 0.3) is 5.56 Å². The van der Waals surface area contributed by atoms with Gasteiger partial charge < -0.3 is 5.73 Å². The lowest BCUT2D eigenvalue weighted by Gasteiger charge is -2.04. The minimum atomic E-state index is -0.548. The first-order chi connectivity index (χ1) is 8.16. The Hall–Kier alpha value is -1.82. The molecule has 1 aliphatic rings. The molecule has 2 aromatic heterocycles. The number of fused-ring (bicyclic) bond motifs is 2. The fourth-order valence-corrected chi connectivity index (χ4v) is 2.91. The highest BCUT2D eigenvalue weighted by Gasteiger charge is 2.18. The first-order valence-electron chi connectivity index (χ1n) is 5.08. The maximum atomic E-state index is 12.2. The predicted molar refractivity (Wildman–Crippen MR) is 65.0 cm³/mol. The standard InChI is InChI=1S/C11H9N3O2S/c12-10(15)6-1-2-9-13-8-5-17-4-7(8)11(16)14(9)3-6/h1-3H,4-5H2,(H2,12,15). The second-order valence-corrected chi connectivity index (χ2v) is 4.83. The van der Waals surface area contributed by atoms with E-state index in [9.17, 15) is 9.59 Å². The van der Waals surface area contributed by atoms with E-state index in [0.717, 1.165) is 17.0 Å². The molecule has 0 radical (unpaired) electrons. The molecule has 0 saturated heterocycles. The van der Waals surface area contributed by atoms with Gasteiger partial charge >= 0.3 is 0 Å². The summed E-state index contributed by atoms with van der Waals surface area (Å²) < 4.78 is 1.39. The molecule has 5 nitrogen and oxygen atoms in total. The van der Waals surface area contributed by atoms with Crippen molar-refractivity contribution in [2.24, 2.45) is 5.73 Å². The van der Waals surface area contributed by atoms with Crippen molar-refractivity contribution in [3.8, 4) is 0 Å². The van der Waals surface area contributed by atoms with Crippen LogP contribution in [0.25, 0.3) is 5.65 Å². The van der Waals surface area contributed by atoms with Crippen LogP contribution < -0.4 is 11.3 Å². The van der Waals surface area contributed by atoms with E-state index in [1.807, 2.05) is 0 Å². The summed E-state index contributed by atoms with van der Waals surface area (Å²) in [5.74, 6) is 0.914. The Morgan fingerprint density at radius 2 is 2.24 bits per heavy atom. The van der Waals surface area contributed by atoms with Crippen LogP contribution >= 0.6 is 11.8 Å². The Labute approximate surface area is 101 Å². The van der Waals surface area contributed by atoms with Crippen molar-refractivity contribution in [1.29, 1.82) is 0 Å². The molecule has 0 aliphatic carbocycles. The van der Waals surface area contributed by atoms with Gasteiger partial charge in [-0.05, 0) is 12.1 Å². The number of primary amides is 1. The maximum Gasteiger partial charge on any atom is 0.262 e. The Morgan fingerprint density at radius 1 is 1.41 bits per heavy atom. The number of aromatic nitrogens is 2. The fraction of sp³-hybridized carbons (Fsp3) is 0.182. The van der Waals surface area contributed by atoms with E-state index in [1.54, 1.807) is 23.9 Å². The third-order valence-electron chi connectivity index (χ3n) is 2.77. The maximum absolute atomic E-state index is 12.2. The Kier molecular flexibility index (Phi) is 2.19. The quantitative estimate of drug-likeness (QED) is 0.797. The van der Waals surface area contributed by atoms with Gasteiger partial charge in [0.15, 0.2) is 0 Å². The zero-order valence-electron chi connectivity index (χ0n) is 8.84. The van der Waals surface area contributed by atoms with Crippen LogP contribution in [0.3, 0.4) is 0 Å². The van der Waals surface area contributed by atoms with Gasteiger partial charge in [0, 0.05) is 17.7 Å². The molecule has 86 valence electrons. The minimum absolute atomic E-state index is 0.0990. The number of carbonyl (C=O) groups excluding carboxylic acids is 1. The summed E-state index contributed by atoms with van der Waals surface area (Å²) in [4.78, 5) is 27.6. The van der Waals surface area contributed by atoms with Gasteiger partial charge in [0.2, 0.25) is 5.91 Å². The van der Waals surface area contributed by atoms with Crippen LogP contribution in [0.2, 0.25) is 0 Å². The number of nitrogens with two attached hydrogens (primary N) is 1. The highest BCUT2D eigenvalue weighted by Crippen LogP contribution is 2.25. The number of amides is 1. The van der Waals surface area contributed by atoms with Gasteiger partial charge in [-0.15, -0.1) is 0 Å². The van der Waals surface area contributed by atoms with Crippen LogP contribution in [0.4, 0.5) is 0 Å². The molecule has 6 heteroatoms. The van der Waals surface area contributed by atoms with Crippen LogP contribution in [0.1, 0.15) is 21.6 Å². The number of carbonyl (C=O) groups is 1. The third kappa shape index (κ3) is 1.52. The molecule has 0 bridgehead atoms. The summed E-state index contributed by atoms with van der Waals surface area (Å²) in [6, 6.07) is 3.23. The average molecular weight is 247 g/mol. The zero-order chi connectivity index (χ0) is 12.0. The van der Waals surface area contributed by atoms with E-state index >= 15 is 0 Å². The van der Waals surface area contributed by atoms with Crippen LogP contribution in [0.15, 0.2) is 23.1 Å². The summed E-state index contributed by atoms with van der Waals surface area (Å²) in [7, 11) is 0. The first kappa shape index (κ1) is 10.3. The molecular weight excluding hydrogens is 238 g/mol. The van der Waals surface area contributed by atoms with Gasteiger partial charge in [-0.2, -0.15) is 11.8 Å². The molecule has 3 rings (SSSR count). The van der Waals surface area contributed by atoms with E-state index in [4.69, 9.17) is 5.73 Å². The molecule has 2 aromatic rings. The van der Waals surface area contributed by atoms with Crippen molar-refractivity contribution in [2.75, 3.05) is 0 Å². The number of nitrogens with zero attached hydrogens (tertiary/aromatic N) is 2. The summed E-state index contributed by atoms with van der Waals surface area (Å²) in [5.41, 5.74) is 7.54. The predicted octanol–water partition coefficient (Wildman–Crippen LogP) is 0.540. The summed E-state index contributed by atoms with van der Waals surface area (Å²) in [6.07, 6.45) is 1.45. The lowest BCUT2D eigenvalue weighted by molar-refractivity contribution is 0.1000. The van der Waals surface area contributed by atoms with Crippen molar-refractivity contribution in [3.63, 3.8) is 0 Å². The molecule has 17 heavy (non-hydrogen) atoms. The molecule has 1 aliphatic heterocycles. The molecule has 0 fully saturated rings. The van der Waals surface area contributed by atoms with Crippen molar-refractivity contribution in [1.82, 2.24) is 9.38 Å². The summed E-state index contributed by atoms with van der Waals surface area (Å²) >= 11 is 1.67. The molecule has 1 amide bonds. The van der Waals surface area contributed by atoms with Crippen molar-refractivity contribution < 1.29 is 4.79 Å². The molecule has 2 N–H and O–H groups in total. The molecule has 0 unspecified atom stereocenters. The SMILES string of the molecule is NC(=O)c1ccc2nc3c(c(=O)n2c1)CSC3. The second kappa shape index (κ2) is 3.59. The molecule has 0 saturated carbocycles. The normalized spacial score (nSPS) is 13.9. The van der Waals surface area contributed by atoms with E-state index in [1.165, 1.54) is 10.6 Å². The van der Waals surface area contributed by atoms with Gasteiger partial charge in [-0.1, -0.05) is 0 Å². The number of pyridine rings is 1. The van der Waals surface area contributed by atoms with Crippen LogP contribution in [-0.4, -0.2) is 15.3 Å². The van der Waals surface area contributed by atoms with Gasteiger partial charge in [0.1, 0.15) is 5.65 Å². The van der Waals surface area contributed by atoms with E-state index in [0.29, 0.717) is 17.0 Å². The third-order valence-corrected chi connectivity index (χ3v) is 3.74. The number of hydrogen-bond acceptors (Lipinski definition) is 4. The van der Waals surface area contributed by atoms with Crippen LogP contribution in [0.5, 0.6) is 0 Å². The number of rotatable bonds is 1. The van der Waals surface area contributed by atoms with Crippen LogP contribution in [-0.2, 0) is 11.5 Å². The monoisotopic (exact) mass is 247 g/mol. The van der Waals surface area contributed by atoms with Crippen molar-refractivity contribution in [2.45, 2.75) is 11.5 Å². The van der Waals surface area contributed by atoms with E-state index < -0.39 is 5.91 Å². The highest BCUT2D eigenvalue weighted by atomic mass is 32.2. The van der Waals surface area contributed by atoms with Gasteiger partial charge in [-0.3, -0.25) is 14.0 Å². The lowest BCUT2D eigenvalue weighted by Crippen LogP contribution is -2.21. The topological polar surface area (TPSA) is 77.5 Å². The van der Waals surface area contributed by atoms with Crippen molar-refractivity contribution in [3.05, 3.63) is 45.5 Å². The Balaban J connectivity index is 2.37. The van der Waals surface area contributed by atoms with Crippen LogP contribution in [0, 0.1) is 0 Å². The molecule has 0 spiro atoms. The highest BCUT2D eigenvalue weighted by molar-refractivity contribution is 7.98. The Bertz CT molecular complexity index is 693.